The molecule has 7 rings (SSSR count). The first-order chi connectivity index (χ1) is 37.2. The number of aliphatic hydroxyl groups is 4. The minimum Gasteiger partial charge on any atom is -0.394 e. The molecule has 436 valence electrons. The lowest BCUT2D eigenvalue weighted by molar-refractivity contribution is -0.438. The lowest BCUT2D eigenvalue weighted by atomic mass is 9.79. The highest BCUT2D eigenvalue weighted by Gasteiger charge is 2.48. The summed E-state index contributed by atoms with van der Waals surface area (Å²) >= 11 is 0. The average Bonchev–Trinajstić information content (AvgIpc) is 3.57. The van der Waals surface area contributed by atoms with E-state index in [1.165, 1.54) is 30.3 Å². The third-order valence-corrected chi connectivity index (χ3v) is 18.2. The monoisotopic (exact) mass is 1190 g/mol. The Bertz CT molecular complexity index is 3710. The van der Waals surface area contributed by atoms with Crippen LogP contribution in [0.2, 0.25) is 0 Å². The van der Waals surface area contributed by atoms with Crippen LogP contribution in [0.1, 0.15) is 84.3 Å². The number of unbranched alkanes of at least 4 members (excludes halogenated alkanes) is 3. The second kappa shape index (κ2) is 23.6. The Morgan fingerprint density at radius 2 is 1.25 bits per heavy atom. The standard InChI is InChI=1S/C52H65N5O19S4/c1-6-56-36-27-39(79(70,71)72)32-20-18-30(77(64,65)66)25-34(32)44(36)51(2,3)41(56)15-9-7-10-16-42-52(4,5)45-35-26-31(78(67,68)69)19-21-33(35)40(80(73,74)75)28-37(45)57(42)24-14-8-11-17-43(59)53-22-12-13-23-54-50(63)55-46-48(61)47(60)38(29-58)76-49(46)62/h7,9-10,15-16,18-21,25-28,38,46-49,58,60-62H,6,8,11-14,17,22-24,29H2,1-5H3,(H6-,53,54,55,59,63,64,65,66,67,68,69,70,71,72,73,74,75)/p+1/t38-,46-,47-,48-,49-/m1/s1. The fourth-order valence-electron chi connectivity index (χ4n) is 10.9. The van der Waals surface area contributed by atoms with Crippen molar-refractivity contribution in [3.05, 3.63) is 95.7 Å². The van der Waals surface area contributed by atoms with Crippen LogP contribution in [0.25, 0.3) is 21.5 Å². The number of nitrogens with zero attached hydrogens (tertiary/aromatic N) is 2. The van der Waals surface area contributed by atoms with Gasteiger partial charge in [0.2, 0.25) is 11.6 Å². The Morgan fingerprint density at radius 3 is 1.81 bits per heavy atom. The normalized spacial score (nSPS) is 21.7. The van der Waals surface area contributed by atoms with E-state index in [0.717, 1.165) is 18.2 Å². The number of benzene rings is 4. The average molecular weight is 1190 g/mol. The Labute approximate surface area is 463 Å². The first-order valence-electron chi connectivity index (χ1n) is 25.5. The number of ether oxygens (including phenoxy) is 1. The number of nitrogens with one attached hydrogen (secondary N) is 3. The number of urea groups is 1. The minimum atomic E-state index is -4.91. The number of amides is 3. The highest BCUT2D eigenvalue weighted by molar-refractivity contribution is 7.86. The first kappa shape index (κ1) is 61.9. The molecule has 0 spiro atoms. The zero-order valence-corrected chi connectivity index (χ0v) is 47.5. The predicted octanol–water partition coefficient (Wildman–Crippen LogP) is 3.73. The molecule has 28 heteroatoms. The molecular weight excluding hydrogens is 1130 g/mol. The molecule has 0 radical (unpaired) electrons. The molecule has 80 heavy (non-hydrogen) atoms. The highest BCUT2D eigenvalue weighted by atomic mass is 32.2. The smallest absolute Gasteiger partial charge is 0.315 e. The van der Waals surface area contributed by atoms with Crippen molar-refractivity contribution in [2.45, 2.75) is 134 Å². The van der Waals surface area contributed by atoms with Gasteiger partial charge in [0.25, 0.3) is 40.5 Å². The molecule has 1 fully saturated rings. The van der Waals surface area contributed by atoms with Crippen molar-refractivity contribution in [3.8, 4) is 0 Å². The van der Waals surface area contributed by atoms with Crippen molar-refractivity contribution < 1.29 is 91.2 Å². The molecule has 0 aromatic heterocycles. The van der Waals surface area contributed by atoms with Crippen LogP contribution in [-0.2, 0) is 60.8 Å². The number of aliphatic hydroxyl groups excluding tert-OH is 4. The van der Waals surface area contributed by atoms with Crippen molar-refractivity contribution in [2.24, 2.45) is 0 Å². The van der Waals surface area contributed by atoms with Crippen molar-refractivity contribution in [1.82, 2.24) is 16.0 Å². The third-order valence-electron chi connectivity index (χ3n) is 14.7. The number of carbonyl (C=O) groups is 2. The van der Waals surface area contributed by atoms with Gasteiger partial charge in [0.1, 0.15) is 40.7 Å². The molecule has 24 nitrogen and oxygen atoms in total. The molecular formula is C52H66N5O19S4+. The Kier molecular flexibility index (Phi) is 18.3. The summed E-state index contributed by atoms with van der Waals surface area (Å²) in [6.45, 7) is 9.61. The number of likely N-dealkylation sites (N-methyl/N-ethyl adjacent to an activating group) is 1. The summed E-state index contributed by atoms with van der Waals surface area (Å²) in [4.78, 5) is 25.1. The van der Waals surface area contributed by atoms with Crippen molar-refractivity contribution in [1.29, 1.82) is 0 Å². The Morgan fingerprint density at radius 1 is 0.675 bits per heavy atom. The number of fused-ring (bicyclic) bond motifs is 6. The Hall–Kier alpha value is -5.73. The van der Waals surface area contributed by atoms with E-state index < -0.39 is 114 Å². The van der Waals surface area contributed by atoms with E-state index in [-0.39, 0.29) is 47.0 Å². The summed E-state index contributed by atoms with van der Waals surface area (Å²) in [5, 5.41) is 47.7. The summed E-state index contributed by atoms with van der Waals surface area (Å²) in [6.07, 6.45) is 5.20. The molecule has 0 bridgehead atoms. The van der Waals surface area contributed by atoms with Crippen LogP contribution < -0.4 is 20.9 Å². The molecule has 11 N–H and O–H groups in total. The van der Waals surface area contributed by atoms with E-state index in [0.29, 0.717) is 79.1 Å². The molecule has 3 aliphatic rings. The molecule has 3 amide bonds. The molecule has 3 heterocycles. The quantitative estimate of drug-likeness (QED) is 0.0245. The van der Waals surface area contributed by atoms with Gasteiger partial charge in [0.15, 0.2) is 12.0 Å². The molecule has 1 saturated heterocycles. The van der Waals surface area contributed by atoms with Gasteiger partial charge in [-0.2, -0.15) is 38.2 Å². The number of hydrogen-bond donors (Lipinski definition) is 11. The fraction of sp³-hybridized carbons (Fsp3) is 0.442. The van der Waals surface area contributed by atoms with Crippen LogP contribution >= 0.6 is 0 Å². The summed E-state index contributed by atoms with van der Waals surface area (Å²) in [5.74, 6) is -0.228. The third kappa shape index (κ3) is 12.8. The van der Waals surface area contributed by atoms with E-state index in [2.05, 4.69) is 16.0 Å². The maximum atomic E-state index is 13.0. The van der Waals surface area contributed by atoms with Crippen LogP contribution in [0, 0.1) is 0 Å². The summed E-state index contributed by atoms with van der Waals surface area (Å²) in [6, 6.07) is 7.35. The maximum Gasteiger partial charge on any atom is 0.315 e. The lowest BCUT2D eigenvalue weighted by Crippen LogP contribution is -2.65. The number of rotatable bonds is 21. The van der Waals surface area contributed by atoms with Gasteiger partial charge in [0.05, 0.1) is 21.8 Å². The number of carbonyl (C=O) groups excluding carboxylic acids is 2. The van der Waals surface area contributed by atoms with Crippen molar-refractivity contribution in [2.75, 3.05) is 37.7 Å². The van der Waals surface area contributed by atoms with Crippen molar-refractivity contribution in [3.63, 3.8) is 0 Å². The van der Waals surface area contributed by atoms with Crippen molar-refractivity contribution >= 4 is 91.0 Å². The Balaban J connectivity index is 1.09. The van der Waals surface area contributed by atoms with E-state index in [9.17, 15) is 81.9 Å². The highest BCUT2D eigenvalue weighted by Crippen LogP contribution is 2.53. The predicted molar refractivity (Wildman–Crippen MR) is 293 cm³/mol. The molecule has 0 unspecified atom stereocenters. The van der Waals surface area contributed by atoms with E-state index in [1.54, 1.807) is 30.4 Å². The largest absolute Gasteiger partial charge is 0.394 e. The van der Waals surface area contributed by atoms with Gasteiger partial charge in [-0.05, 0) is 99.2 Å². The first-order valence-corrected chi connectivity index (χ1v) is 31.2. The summed E-state index contributed by atoms with van der Waals surface area (Å²) in [5.41, 5.74) is 1.14. The van der Waals surface area contributed by atoms with Crippen LogP contribution in [0.15, 0.2) is 104 Å². The van der Waals surface area contributed by atoms with Gasteiger partial charge < -0.3 is 46.0 Å². The number of allylic oxidation sites excluding steroid dienone is 6. The molecule has 4 aromatic carbocycles. The lowest BCUT2D eigenvalue weighted by Gasteiger charge is -2.40. The zero-order valence-electron chi connectivity index (χ0n) is 44.3. The minimum absolute atomic E-state index is 0.00825. The number of anilines is 1. The second-order valence-corrected chi connectivity index (χ2v) is 26.3. The summed E-state index contributed by atoms with van der Waals surface area (Å²) < 4.78 is 148. The van der Waals surface area contributed by atoms with Gasteiger partial charge >= 0.3 is 6.03 Å². The molecule has 3 aliphatic heterocycles. The summed E-state index contributed by atoms with van der Waals surface area (Å²) in [7, 11) is -19.2. The van der Waals surface area contributed by atoms with E-state index >= 15 is 0 Å². The molecule has 0 aliphatic carbocycles. The van der Waals surface area contributed by atoms with E-state index in [1.807, 2.05) is 44.1 Å². The second-order valence-electron chi connectivity index (χ2n) is 20.7. The topological polar surface area (TPSA) is 384 Å². The SMILES string of the molecule is CCN1/C(=C/C=C/C=C/C2=[N+](CCCCCC(=O)NCCCCNC(=O)N[C@@H]3[C@@H](O)[C@H](O)[C@@H](CO)O[C@H]3O)c3cc(S(=O)(=O)O)c4ccc(S(=O)(=O)O)cc4c3C2(C)C)C(C)(C)c2c1cc(S(=O)(=O)O)c1ccc(S(=O)(=O)O)cc21. The molecule has 5 atom stereocenters. The molecule has 0 saturated carbocycles. The fourth-order valence-corrected chi connectivity index (χ4v) is 13.3. The molecule has 4 aromatic rings. The van der Waals surface area contributed by atoms with Gasteiger partial charge in [-0.1, -0.05) is 44.2 Å². The van der Waals surface area contributed by atoms with Crippen LogP contribution in [0.4, 0.5) is 16.2 Å². The van der Waals surface area contributed by atoms with Crippen LogP contribution in [0.5, 0.6) is 0 Å². The van der Waals surface area contributed by atoms with Gasteiger partial charge in [0, 0.05) is 77.8 Å². The van der Waals surface area contributed by atoms with Gasteiger partial charge in [-0.3, -0.25) is 23.0 Å². The van der Waals surface area contributed by atoms with Crippen LogP contribution in [0.3, 0.4) is 0 Å². The van der Waals surface area contributed by atoms with Gasteiger partial charge in [-0.25, -0.2) is 4.79 Å². The maximum absolute atomic E-state index is 13.0. The number of hydrogen-bond acceptors (Lipinski definition) is 16. The zero-order chi connectivity index (χ0) is 59.1. The van der Waals surface area contributed by atoms with E-state index in [4.69, 9.17) is 4.74 Å². The van der Waals surface area contributed by atoms with Gasteiger partial charge in [-0.15, -0.1) is 0 Å². The van der Waals surface area contributed by atoms with Crippen LogP contribution in [-0.4, -0.2) is 158 Å².